The molecule has 0 bridgehead atoms. The smallest absolute Gasteiger partial charge is 0.335 e. The van der Waals surface area contributed by atoms with E-state index in [1.165, 1.54) is 18.2 Å². The number of nitrogens with zero attached hydrogens (tertiary/aromatic N) is 5. The van der Waals surface area contributed by atoms with Crippen molar-refractivity contribution in [3.8, 4) is 22.3 Å². The molecule has 10 nitrogen and oxygen atoms in total. The highest BCUT2D eigenvalue weighted by Gasteiger charge is 2.16. The number of carbonyl (C=O) groups is 2. The molecule has 0 amide bonds. The van der Waals surface area contributed by atoms with Gasteiger partial charge in [0, 0.05) is 71.0 Å². The van der Waals surface area contributed by atoms with Crippen LogP contribution in [-0.2, 0) is 20.5 Å². The van der Waals surface area contributed by atoms with Crippen LogP contribution in [0.4, 0.5) is 4.39 Å². The molecular weight excluding hydrogens is 686 g/mol. The number of aromatic nitrogens is 5. The summed E-state index contributed by atoms with van der Waals surface area (Å²) in [7, 11) is 3.45. The Kier molecular flexibility index (Phi) is 11.1. The number of benzene rings is 2. The largest absolute Gasteiger partial charge is 0.478 e. The highest BCUT2D eigenvalue weighted by molar-refractivity contribution is 5.99. The molecule has 1 N–H and O–H groups in total. The Morgan fingerprint density at radius 3 is 1.57 bits per heavy atom. The van der Waals surface area contributed by atoms with Crippen LogP contribution in [0.5, 0.6) is 0 Å². The first kappa shape index (κ1) is 38.6. The fraction of sp³-hybridized carbons (Fsp3) is 0.186. The Balaban J connectivity index is 0.000000211. The first-order valence-electron chi connectivity index (χ1n) is 16.7. The Hall–Kier alpha value is -6.62. The maximum Gasteiger partial charge on any atom is 0.335 e. The van der Waals surface area contributed by atoms with E-state index < -0.39 is 11.8 Å². The molecule has 11 heteroatoms. The summed E-state index contributed by atoms with van der Waals surface area (Å²) in [5.41, 5.74) is 8.20. The molecule has 0 spiro atoms. The van der Waals surface area contributed by atoms with Crippen molar-refractivity contribution in [3.63, 3.8) is 0 Å². The summed E-state index contributed by atoms with van der Waals surface area (Å²) in [6, 6.07) is 20.2. The Morgan fingerprint density at radius 1 is 0.630 bits per heavy atom. The molecule has 7 aromatic rings. The summed E-state index contributed by atoms with van der Waals surface area (Å²) >= 11 is 0. The van der Waals surface area contributed by atoms with Crippen LogP contribution in [0.15, 0.2) is 101 Å². The van der Waals surface area contributed by atoms with Crippen LogP contribution in [0.1, 0.15) is 56.4 Å². The third kappa shape index (κ3) is 7.75. The molecule has 7 rings (SSSR count). The maximum absolute atomic E-state index is 13.1. The van der Waals surface area contributed by atoms with Crippen LogP contribution in [0, 0.1) is 33.5 Å². The van der Waals surface area contributed by atoms with Gasteiger partial charge in [-0.1, -0.05) is 25.6 Å². The van der Waals surface area contributed by atoms with Crippen LogP contribution < -0.4 is 11.1 Å². The highest BCUT2D eigenvalue weighted by Crippen LogP contribution is 2.27. The number of carboxylic acids is 1. The zero-order valence-electron chi connectivity index (χ0n) is 30.1. The first-order valence-corrected chi connectivity index (χ1v) is 16.7. The van der Waals surface area contributed by atoms with Crippen LogP contribution >= 0.6 is 0 Å². The van der Waals surface area contributed by atoms with Crippen molar-refractivity contribution in [2.24, 2.45) is 14.1 Å². The average molecular weight is 726 g/mol. The monoisotopic (exact) mass is 725 g/mol. The predicted molar refractivity (Wildman–Crippen MR) is 210 cm³/mol. The number of halogens is 1. The minimum absolute atomic E-state index is 0. The lowest BCUT2D eigenvalue weighted by Crippen LogP contribution is -2.19. The number of aryl methyl sites for hydroxylation is 6. The lowest BCUT2D eigenvalue weighted by Gasteiger charge is -2.12. The number of hydrogen-bond acceptors (Lipinski definition) is 7. The van der Waals surface area contributed by atoms with E-state index >= 15 is 0 Å². The van der Waals surface area contributed by atoms with Crippen molar-refractivity contribution in [3.05, 3.63) is 157 Å². The number of carboxylic acid groups (broad SMARTS) is 1. The number of rotatable bonds is 6. The van der Waals surface area contributed by atoms with Crippen LogP contribution in [0.25, 0.3) is 44.1 Å². The molecule has 0 aliphatic heterocycles. The first-order chi connectivity index (χ1) is 25.2. The lowest BCUT2D eigenvalue weighted by molar-refractivity contribution is 0.0696. The number of Topliss-reactive ketones (excluding diaryl/α,β-unsaturated/α-hetero) is 1. The number of carbonyl (C=O) groups excluding carboxylic acids is 1. The molecule has 0 saturated heterocycles. The summed E-state index contributed by atoms with van der Waals surface area (Å²) in [5.74, 6) is -1.60. The van der Waals surface area contributed by atoms with E-state index in [1.807, 2.05) is 52.0 Å². The molecule has 0 saturated carbocycles. The summed E-state index contributed by atoms with van der Waals surface area (Å²) in [5, 5.41) is 10.9. The molecule has 0 aliphatic carbocycles. The number of ketones is 1. The summed E-state index contributed by atoms with van der Waals surface area (Å²) in [6.07, 6.45) is 4.63. The van der Waals surface area contributed by atoms with Gasteiger partial charge in [-0.25, -0.2) is 9.18 Å². The summed E-state index contributed by atoms with van der Waals surface area (Å²) in [4.78, 5) is 62.3. The van der Waals surface area contributed by atoms with Crippen molar-refractivity contribution < 1.29 is 19.1 Å². The molecule has 2 aromatic carbocycles. The average Bonchev–Trinajstić information content (AvgIpc) is 3.13. The minimum atomic E-state index is -1.01. The van der Waals surface area contributed by atoms with Gasteiger partial charge < -0.3 is 14.2 Å². The number of pyridine rings is 5. The molecule has 0 atom stereocenters. The number of hydrogen-bond donors (Lipinski definition) is 1. The standard InChI is InChI=1S/C24H20FN3O2.C18H16N2O3.CH4/c1-14-4-5-16(23(29)11-19-7-6-18(25)13-27-19)9-20(14)21-10-17-12-26-15(2)8-22(17)28(3)24(21)30;1-10-4-5-12(18(22)23)7-14(10)15-8-13-9-19-11(2)6-16(13)20(3)17(15)21;/h4-10,12-13H,11H2,1-3H3;4-9H,1-3H3,(H,22,23);1H4. The van der Waals surface area contributed by atoms with E-state index in [1.54, 1.807) is 66.0 Å². The van der Waals surface area contributed by atoms with Crippen LogP contribution in [-0.4, -0.2) is 40.9 Å². The predicted octanol–water partition coefficient (Wildman–Crippen LogP) is 7.73. The topological polar surface area (TPSA) is 137 Å². The van der Waals surface area contributed by atoms with Gasteiger partial charge in [0.1, 0.15) is 5.82 Å². The van der Waals surface area contributed by atoms with Gasteiger partial charge in [-0.15, -0.1) is 0 Å². The van der Waals surface area contributed by atoms with Gasteiger partial charge in [-0.3, -0.25) is 29.3 Å². The van der Waals surface area contributed by atoms with E-state index in [0.717, 1.165) is 50.5 Å². The van der Waals surface area contributed by atoms with Crippen molar-refractivity contribution in [2.75, 3.05) is 0 Å². The Bertz CT molecular complexity index is 2720. The maximum atomic E-state index is 13.1. The normalized spacial score (nSPS) is 10.8. The summed E-state index contributed by atoms with van der Waals surface area (Å²) < 4.78 is 16.2. The fourth-order valence-electron chi connectivity index (χ4n) is 6.22. The molecule has 0 radical (unpaired) electrons. The quantitative estimate of drug-likeness (QED) is 0.172. The summed E-state index contributed by atoms with van der Waals surface area (Å²) in [6.45, 7) is 7.52. The van der Waals surface area contributed by atoms with Gasteiger partial charge in [0.15, 0.2) is 5.78 Å². The van der Waals surface area contributed by atoms with E-state index in [9.17, 15) is 28.7 Å². The molecule has 0 unspecified atom stereocenters. The second kappa shape index (κ2) is 15.5. The third-order valence-corrected chi connectivity index (χ3v) is 9.24. The van der Waals surface area contributed by atoms with E-state index in [4.69, 9.17) is 0 Å². The van der Waals surface area contributed by atoms with Gasteiger partial charge in [-0.05, 0) is 105 Å². The number of aromatic carboxylic acids is 1. The van der Waals surface area contributed by atoms with Gasteiger partial charge in [0.25, 0.3) is 11.1 Å². The van der Waals surface area contributed by atoms with Gasteiger partial charge in [0.05, 0.1) is 29.2 Å². The molecule has 54 heavy (non-hydrogen) atoms. The van der Waals surface area contributed by atoms with Crippen molar-refractivity contribution in [2.45, 2.75) is 41.5 Å². The Morgan fingerprint density at radius 2 is 1.11 bits per heavy atom. The molecule has 5 heterocycles. The molecule has 5 aromatic heterocycles. The van der Waals surface area contributed by atoms with E-state index in [0.29, 0.717) is 33.5 Å². The van der Waals surface area contributed by atoms with Crippen molar-refractivity contribution in [1.82, 2.24) is 24.1 Å². The minimum Gasteiger partial charge on any atom is -0.478 e. The SMILES string of the molecule is C.Cc1cc2c(cn1)cc(-c1cc(C(=O)Cc3ccc(F)cn3)ccc1C)c(=O)n2C.Cc1cc2c(cn1)cc(-c1cc(C(=O)O)ccc1C)c(=O)n2C. The fourth-order valence-corrected chi connectivity index (χ4v) is 6.22. The second-order valence-corrected chi connectivity index (χ2v) is 13.0. The molecular formula is C43H40FN5O5. The Labute approximate surface area is 311 Å². The molecule has 0 aliphatic rings. The van der Waals surface area contributed by atoms with E-state index in [-0.39, 0.29) is 36.3 Å². The highest BCUT2D eigenvalue weighted by atomic mass is 19.1. The zero-order valence-corrected chi connectivity index (χ0v) is 30.1. The van der Waals surface area contributed by atoms with Gasteiger partial charge in [0.2, 0.25) is 0 Å². The number of fused-ring (bicyclic) bond motifs is 2. The third-order valence-electron chi connectivity index (χ3n) is 9.24. The van der Waals surface area contributed by atoms with Crippen LogP contribution in [0.2, 0.25) is 0 Å². The molecule has 274 valence electrons. The van der Waals surface area contributed by atoms with E-state index in [2.05, 4.69) is 15.0 Å². The lowest BCUT2D eigenvalue weighted by atomic mass is 9.95. The van der Waals surface area contributed by atoms with Gasteiger partial charge in [-0.2, -0.15) is 0 Å². The van der Waals surface area contributed by atoms with Crippen LogP contribution in [0.3, 0.4) is 0 Å². The zero-order chi connectivity index (χ0) is 38.1. The van der Waals surface area contributed by atoms with Crippen molar-refractivity contribution >= 4 is 33.6 Å². The van der Waals surface area contributed by atoms with Gasteiger partial charge >= 0.3 is 5.97 Å². The second-order valence-electron chi connectivity index (χ2n) is 13.0. The van der Waals surface area contributed by atoms with Crippen molar-refractivity contribution in [1.29, 1.82) is 0 Å². The molecule has 0 fully saturated rings.